The minimum atomic E-state index is 0.0461. The Balaban J connectivity index is 1.25. The van der Waals surface area contributed by atoms with E-state index in [0.29, 0.717) is 30.0 Å². The summed E-state index contributed by atoms with van der Waals surface area (Å²) >= 11 is 0. The first-order valence-electron chi connectivity index (χ1n) is 15.2. The van der Waals surface area contributed by atoms with Crippen molar-refractivity contribution in [3.8, 4) is 11.1 Å². The van der Waals surface area contributed by atoms with Crippen LogP contribution in [0.25, 0.3) is 22.8 Å². The van der Waals surface area contributed by atoms with E-state index in [2.05, 4.69) is 9.88 Å². The van der Waals surface area contributed by atoms with Gasteiger partial charge in [-0.1, -0.05) is 42.5 Å². The molecule has 2 aliphatic heterocycles. The molecule has 0 bridgehead atoms. The van der Waals surface area contributed by atoms with Gasteiger partial charge in [0.25, 0.3) is 5.91 Å². The second-order valence-electron chi connectivity index (χ2n) is 12.2. The first kappa shape index (κ1) is 28.2. The number of aromatic nitrogens is 1. The number of likely N-dealkylation sites (N-methyl/N-ethyl adjacent to an activating group) is 1. The van der Waals surface area contributed by atoms with E-state index in [4.69, 9.17) is 0 Å². The summed E-state index contributed by atoms with van der Waals surface area (Å²) in [7, 11) is 3.52. The molecule has 42 heavy (non-hydrogen) atoms. The zero-order valence-corrected chi connectivity index (χ0v) is 24.9. The van der Waals surface area contributed by atoms with E-state index in [1.165, 1.54) is 25.9 Å². The lowest BCUT2D eigenvalue weighted by Gasteiger charge is -2.36. The number of H-pyrrole nitrogens is 1. The van der Waals surface area contributed by atoms with Crippen LogP contribution in [0.1, 0.15) is 64.0 Å². The van der Waals surface area contributed by atoms with Crippen molar-refractivity contribution in [3.05, 3.63) is 82.2 Å². The van der Waals surface area contributed by atoms with Crippen LogP contribution in [0.15, 0.2) is 48.7 Å². The van der Waals surface area contributed by atoms with E-state index in [1.807, 2.05) is 60.4 Å². The van der Waals surface area contributed by atoms with Gasteiger partial charge in [0.05, 0.1) is 12.0 Å². The molecular weight excluding hydrogens is 524 g/mol. The molecular formula is C35H40N4O3. The Bertz CT molecular complexity index is 1550. The number of fused-ring (bicyclic) bond motifs is 1. The van der Waals surface area contributed by atoms with E-state index in [9.17, 15) is 14.4 Å². The number of allylic oxidation sites excluding steroid dienone is 1. The lowest BCUT2D eigenvalue weighted by Crippen LogP contribution is -2.45. The van der Waals surface area contributed by atoms with Gasteiger partial charge in [0, 0.05) is 57.1 Å². The van der Waals surface area contributed by atoms with Gasteiger partial charge in [-0.25, -0.2) is 0 Å². The predicted molar refractivity (Wildman–Crippen MR) is 166 cm³/mol. The number of aromatic amines is 1. The number of piperidine rings is 1. The Labute approximate surface area is 248 Å². The number of hydrogen-bond acceptors (Lipinski definition) is 4. The van der Waals surface area contributed by atoms with Gasteiger partial charge in [-0.3, -0.25) is 14.4 Å². The maximum Gasteiger partial charge on any atom is 0.255 e. The first-order chi connectivity index (χ1) is 20.3. The molecule has 2 fully saturated rings. The molecule has 0 unspecified atom stereocenters. The Morgan fingerprint density at radius 1 is 1.02 bits per heavy atom. The molecule has 218 valence electrons. The molecule has 0 spiro atoms. The van der Waals surface area contributed by atoms with Gasteiger partial charge in [0.15, 0.2) is 5.78 Å². The molecule has 7 nitrogen and oxygen atoms in total. The van der Waals surface area contributed by atoms with Crippen molar-refractivity contribution < 1.29 is 14.4 Å². The summed E-state index contributed by atoms with van der Waals surface area (Å²) < 4.78 is 0. The highest BCUT2D eigenvalue weighted by molar-refractivity contribution is 6.31. The van der Waals surface area contributed by atoms with Crippen LogP contribution in [0.3, 0.4) is 0 Å². The Kier molecular flexibility index (Phi) is 7.86. The molecule has 3 aliphatic rings. The number of nitrogens with one attached hydrogen (secondary N) is 1. The highest BCUT2D eigenvalue weighted by Crippen LogP contribution is 2.39. The van der Waals surface area contributed by atoms with Crippen molar-refractivity contribution in [2.75, 3.05) is 40.3 Å². The third-order valence-corrected chi connectivity index (χ3v) is 9.27. The molecule has 1 aromatic heterocycles. The molecule has 1 N–H and O–H groups in total. The summed E-state index contributed by atoms with van der Waals surface area (Å²) in [5.74, 6) is 0.184. The SMILES string of the molecule is Cc1c(C(=O)N2CCC(N3CCCC3)CC2)c[nH]c1/C=C1\C(=O)Cc2cccc(-c3cccc(CC(=O)N(C)C)c3)c21. The number of ketones is 1. The number of carbonyl (C=O) groups excluding carboxylic acids is 3. The van der Waals surface area contributed by atoms with E-state index in [0.717, 1.165) is 65.0 Å². The zero-order chi connectivity index (χ0) is 29.4. The average molecular weight is 565 g/mol. The van der Waals surface area contributed by atoms with Gasteiger partial charge in [-0.05, 0) is 85.2 Å². The standard InChI is InChI=1S/C35H40N4O3/c1-23-30(35(42)39-16-12-27(13-17-39)38-14-4-5-15-38)22-36-31(23)21-29-32(40)20-26-10-7-11-28(34(26)29)25-9-6-8-24(18-25)19-33(41)37(2)3/h6-11,18,21-22,27,36H,4-5,12-17,19-20H2,1-3H3/b29-21+. The van der Waals surface area contributed by atoms with Gasteiger partial charge >= 0.3 is 0 Å². The molecule has 3 heterocycles. The molecule has 1 aliphatic carbocycles. The van der Waals surface area contributed by atoms with Crippen LogP contribution in [-0.4, -0.2) is 83.6 Å². The number of Topliss-reactive ketones (excluding diaryl/α,β-unsaturated/α-hetero) is 1. The van der Waals surface area contributed by atoms with Crippen molar-refractivity contribution in [2.24, 2.45) is 0 Å². The monoisotopic (exact) mass is 564 g/mol. The minimum Gasteiger partial charge on any atom is -0.361 e. The van der Waals surface area contributed by atoms with Crippen LogP contribution in [0.5, 0.6) is 0 Å². The van der Waals surface area contributed by atoms with E-state index >= 15 is 0 Å². The van der Waals surface area contributed by atoms with Crippen molar-refractivity contribution in [3.63, 3.8) is 0 Å². The Morgan fingerprint density at radius 3 is 2.50 bits per heavy atom. The van der Waals surface area contributed by atoms with E-state index in [-0.39, 0.29) is 17.6 Å². The molecule has 6 rings (SSSR count). The number of benzene rings is 2. The Morgan fingerprint density at radius 2 is 1.76 bits per heavy atom. The summed E-state index contributed by atoms with van der Waals surface area (Å²) in [4.78, 5) is 48.7. The van der Waals surface area contributed by atoms with Crippen molar-refractivity contribution in [1.29, 1.82) is 0 Å². The third kappa shape index (κ3) is 5.45. The number of hydrogen-bond donors (Lipinski definition) is 1. The van der Waals surface area contributed by atoms with Crippen LogP contribution in [-0.2, 0) is 22.4 Å². The van der Waals surface area contributed by atoms with Gasteiger partial charge in [0.1, 0.15) is 0 Å². The summed E-state index contributed by atoms with van der Waals surface area (Å²) in [5.41, 5.74) is 7.83. The molecule has 7 heteroatoms. The predicted octanol–water partition coefficient (Wildman–Crippen LogP) is 4.99. The number of carbonyl (C=O) groups is 3. The van der Waals surface area contributed by atoms with Crippen LogP contribution in [0.4, 0.5) is 0 Å². The molecule has 0 atom stereocenters. The van der Waals surface area contributed by atoms with E-state index in [1.54, 1.807) is 25.2 Å². The number of rotatable bonds is 6. The molecule has 3 aromatic rings. The quantitative estimate of drug-likeness (QED) is 0.428. The van der Waals surface area contributed by atoms with Gasteiger partial charge in [0.2, 0.25) is 5.91 Å². The molecule has 0 radical (unpaired) electrons. The van der Waals surface area contributed by atoms with Crippen LogP contribution in [0, 0.1) is 6.92 Å². The average Bonchev–Trinajstić information content (AvgIpc) is 3.73. The Hall–Kier alpha value is -3.97. The van der Waals surface area contributed by atoms with Gasteiger partial charge < -0.3 is 19.7 Å². The summed E-state index contributed by atoms with van der Waals surface area (Å²) in [6, 6.07) is 14.6. The highest BCUT2D eigenvalue weighted by atomic mass is 16.2. The van der Waals surface area contributed by atoms with Gasteiger partial charge in [-0.2, -0.15) is 0 Å². The van der Waals surface area contributed by atoms with Crippen molar-refractivity contribution in [2.45, 2.75) is 51.5 Å². The van der Waals surface area contributed by atoms with Crippen molar-refractivity contribution >= 4 is 29.2 Å². The topological polar surface area (TPSA) is 76.7 Å². The third-order valence-electron chi connectivity index (χ3n) is 9.27. The molecule has 2 amide bonds. The minimum absolute atomic E-state index is 0.0461. The second-order valence-corrected chi connectivity index (χ2v) is 12.2. The highest BCUT2D eigenvalue weighted by Gasteiger charge is 2.31. The number of likely N-dealkylation sites (tertiary alicyclic amines) is 2. The fourth-order valence-electron chi connectivity index (χ4n) is 6.79. The fourth-order valence-corrected chi connectivity index (χ4v) is 6.79. The smallest absolute Gasteiger partial charge is 0.255 e. The molecule has 0 saturated carbocycles. The zero-order valence-electron chi connectivity index (χ0n) is 24.9. The summed E-state index contributed by atoms with van der Waals surface area (Å²) in [5, 5.41) is 0. The van der Waals surface area contributed by atoms with Crippen LogP contribution in [0.2, 0.25) is 0 Å². The largest absolute Gasteiger partial charge is 0.361 e. The number of nitrogens with zero attached hydrogens (tertiary/aromatic N) is 3. The second kappa shape index (κ2) is 11.7. The van der Waals surface area contributed by atoms with Crippen molar-refractivity contribution in [1.82, 2.24) is 19.7 Å². The lowest BCUT2D eigenvalue weighted by atomic mass is 9.92. The maximum absolute atomic E-state index is 13.5. The molecule has 2 aromatic carbocycles. The fraction of sp³-hybridized carbons (Fsp3) is 0.400. The first-order valence-corrected chi connectivity index (χ1v) is 15.2. The summed E-state index contributed by atoms with van der Waals surface area (Å²) in [6.07, 6.45) is 9.04. The molecule has 2 saturated heterocycles. The normalized spacial score (nSPS) is 18.6. The van der Waals surface area contributed by atoms with Crippen LogP contribution < -0.4 is 0 Å². The lowest BCUT2D eigenvalue weighted by molar-refractivity contribution is -0.128. The van der Waals surface area contributed by atoms with Crippen LogP contribution >= 0.6 is 0 Å². The number of amides is 2. The van der Waals surface area contributed by atoms with Gasteiger partial charge in [-0.15, -0.1) is 0 Å². The summed E-state index contributed by atoms with van der Waals surface area (Å²) in [6.45, 7) is 5.92. The maximum atomic E-state index is 13.5. The van der Waals surface area contributed by atoms with E-state index < -0.39 is 0 Å².